The minimum Gasteiger partial charge on any atom is -0.465 e. The Bertz CT molecular complexity index is 926. The molecular weight excluding hydrogens is 364 g/mol. The third kappa shape index (κ3) is 5.05. The fourth-order valence-electron chi connectivity index (χ4n) is 2.58. The van der Waals surface area contributed by atoms with Crippen LogP contribution in [0.25, 0.3) is 11.3 Å². The van der Waals surface area contributed by atoms with E-state index in [9.17, 15) is 9.59 Å². The number of nitrogens with two attached hydrogens (primary N) is 1. The van der Waals surface area contributed by atoms with E-state index in [1.165, 1.54) is 11.3 Å². The van der Waals surface area contributed by atoms with Crippen molar-refractivity contribution in [3.05, 3.63) is 65.5 Å². The number of carboxylic acid groups (broad SMARTS) is 1. The number of rotatable bonds is 6. The summed E-state index contributed by atoms with van der Waals surface area (Å²) in [6.45, 7) is 0. The van der Waals surface area contributed by atoms with Crippen LogP contribution >= 0.6 is 11.3 Å². The molecule has 0 unspecified atom stereocenters. The van der Waals surface area contributed by atoms with Crippen molar-refractivity contribution in [2.24, 2.45) is 0 Å². The molecule has 3 rings (SSSR count). The summed E-state index contributed by atoms with van der Waals surface area (Å²) in [7, 11) is 0. The van der Waals surface area contributed by atoms with E-state index < -0.39 is 18.0 Å². The number of carbonyl (C=O) groups excluding carboxylic acids is 1. The maximum atomic E-state index is 12.5. The van der Waals surface area contributed by atoms with Gasteiger partial charge in [0.2, 0.25) is 5.91 Å². The Morgan fingerprint density at radius 3 is 2.41 bits per heavy atom. The van der Waals surface area contributed by atoms with Crippen molar-refractivity contribution in [3.8, 4) is 11.3 Å². The molecule has 1 heterocycles. The fraction of sp³-hybridized carbons (Fsp3) is 0.105. The van der Waals surface area contributed by atoms with Crippen LogP contribution in [0.5, 0.6) is 0 Å². The second-order valence-electron chi connectivity index (χ2n) is 5.83. The molecule has 138 valence electrons. The van der Waals surface area contributed by atoms with Crippen molar-refractivity contribution in [1.29, 1.82) is 0 Å². The first-order valence-electron chi connectivity index (χ1n) is 8.17. The molecule has 0 bridgehead atoms. The van der Waals surface area contributed by atoms with Crippen molar-refractivity contribution in [2.45, 2.75) is 12.5 Å². The fourth-order valence-corrected chi connectivity index (χ4v) is 3.15. The smallest absolute Gasteiger partial charge is 0.405 e. The van der Waals surface area contributed by atoms with Gasteiger partial charge in [0.25, 0.3) is 0 Å². The Morgan fingerprint density at radius 2 is 1.81 bits per heavy atom. The summed E-state index contributed by atoms with van der Waals surface area (Å²) in [4.78, 5) is 27.8. The first kappa shape index (κ1) is 18.4. The van der Waals surface area contributed by atoms with Crippen LogP contribution in [0.3, 0.4) is 0 Å². The van der Waals surface area contributed by atoms with Crippen LogP contribution in [0.2, 0.25) is 0 Å². The van der Waals surface area contributed by atoms with E-state index in [4.69, 9.17) is 10.8 Å². The van der Waals surface area contributed by atoms with Gasteiger partial charge in [0.1, 0.15) is 6.04 Å². The third-order valence-electron chi connectivity index (χ3n) is 3.87. The zero-order valence-corrected chi connectivity index (χ0v) is 15.1. The van der Waals surface area contributed by atoms with Crippen LogP contribution in [-0.4, -0.2) is 28.1 Å². The maximum Gasteiger partial charge on any atom is 0.405 e. The molecule has 1 aromatic heterocycles. The second kappa shape index (κ2) is 8.33. The molecule has 5 N–H and O–H groups in total. The SMILES string of the molecule is Nc1nc(-c2ccc(NC(=O)[C@H](Cc3ccccc3)NC(=O)O)cc2)cs1. The van der Waals surface area contributed by atoms with Crippen LogP contribution in [-0.2, 0) is 11.2 Å². The molecule has 2 aromatic carbocycles. The molecule has 2 amide bonds. The predicted molar refractivity (Wildman–Crippen MR) is 106 cm³/mol. The van der Waals surface area contributed by atoms with E-state index in [0.717, 1.165) is 16.8 Å². The van der Waals surface area contributed by atoms with E-state index in [1.807, 2.05) is 47.8 Å². The van der Waals surface area contributed by atoms with Crippen LogP contribution < -0.4 is 16.4 Å². The van der Waals surface area contributed by atoms with Gasteiger partial charge in [0.15, 0.2) is 5.13 Å². The van der Waals surface area contributed by atoms with E-state index in [0.29, 0.717) is 10.8 Å². The highest BCUT2D eigenvalue weighted by atomic mass is 32.1. The lowest BCUT2D eigenvalue weighted by Crippen LogP contribution is -2.44. The number of nitrogens with one attached hydrogen (secondary N) is 2. The quantitative estimate of drug-likeness (QED) is 0.522. The van der Waals surface area contributed by atoms with Gasteiger partial charge in [-0.25, -0.2) is 9.78 Å². The van der Waals surface area contributed by atoms with Crippen molar-refractivity contribution in [2.75, 3.05) is 11.1 Å². The molecule has 0 saturated carbocycles. The Morgan fingerprint density at radius 1 is 1.11 bits per heavy atom. The summed E-state index contributed by atoms with van der Waals surface area (Å²) >= 11 is 1.36. The number of benzene rings is 2. The highest BCUT2D eigenvalue weighted by molar-refractivity contribution is 7.13. The highest BCUT2D eigenvalue weighted by Gasteiger charge is 2.21. The third-order valence-corrected chi connectivity index (χ3v) is 4.54. The highest BCUT2D eigenvalue weighted by Crippen LogP contribution is 2.24. The van der Waals surface area contributed by atoms with Gasteiger partial charge in [-0.3, -0.25) is 4.79 Å². The van der Waals surface area contributed by atoms with Gasteiger partial charge < -0.3 is 21.5 Å². The maximum absolute atomic E-state index is 12.5. The van der Waals surface area contributed by atoms with Crippen LogP contribution in [0, 0.1) is 0 Å². The minimum atomic E-state index is -1.25. The number of carbonyl (C=O) groups is 2. The molecule has 0 aliphatic heterocycles. The van der Waals surface area contributed by atoms with Gasteiger partial charge >= 0.3 is 6.09 Å². The molecule has 3 aromatic rings. The molecule has 7 nitrogen and oxygen atoms in total. The van der Waals surface area contributed by atoms with E-state index in [1.54, 1.807) is 12.1 Å². The van der Waals surface area contributed by atoms with Crippen LogP contribution in [0.4, 0.5) is 15.6 Å². The number of aromatic nitrogens is 1. The molecular formula is C19H18N4O3S. The number of amides is 2. The molecule has 27 heavy (non-hydrogen) atoms. The minimum absolute atomic E-state index is 0.259. The molecule has 0 aliphatic carbocycles. The van der Waals surface area contributed by atoms with Crippen LogP contribution in [0.15, 0.2) is 60.0 Å². The van der Waals surface area contributed by atoms with Gasteiger partial charge in [-0.2, -0.15) is 0 Å². The lowest BCUT2D eigenvalue weighted by Gasteiger charge is -2.17. The Labute approximate surface area is 159 Å². The van der Waals surface area contributed by atoms with Gasteiger partial charge in [-0.15, -0.1) is 11.3 Å². The predicted octanol–water partition coefficient (Wildman–Crippen LogP) is 3.21. The molecule has 0 fully saturated rings. The Kier molecular flexibility index (Phi) is 5.68. The summed E-state index contributed by atoms with van der Waals surface area (Å²) in [5, 5.41) is 16.4. The summed E-state index contributed by atoms with van der Waals surface area (Å²) in [6.07, 6.45) is -0.989. The van der Waals surface area contributed by atoms with Crippen molar-refractivity contribution in [1.82, 2.24) is 10.3 Å². The molecule has 0 spiro atoms. The topological polar surface area (TPSA) is 117 Å². The number of nitrogens with zero attached hydrogens (tertiary/aromatic N) is 1. The lowest BCUT2D eigenvalue weighted by atomic mass is 10.1. The van der Waals surface area contributed by atoms with Crippen molar-refractivity contribution >= 4 is 34.2 Å². The van der Waals surface area contributed by atoms with Gasteiger partial charge in [0, 0.05) is 23.1 Å². The standard InChI is InChI=1S/C19H18N4O3S/c20-18-22-16(11-27-18)13-6-8-14(9-7-13)21-17(24)15(23-19(25)26)10-12-4-2-1-3-5-12/h1-9,11,15,23H,10H2,(H2,20,22)(H,21,24)(H,25,26)/t15-/m0/s1. The Balaban J connectivity index is 1.69. The average Bonchev–Trinajstić information content (AvgIpc) is 3.09. The summed E-state index contributed by atoms with van der Waals surface area (Å²) in [5.74, 6) is -0.424. The zero-order valence-electron chi connectivity index (χ0n) is 14.3. The largest absolute Gasteiger partial charge is 0.465 e. The summed E-state index contributed by atoms with van der Waals surface area (Å²) < 4.78 is 0. The number of nitrogen functional groups attached to an aromatic ring is 1. The molecule has 8 heteroatoms. The number of hydrogen-bond acceptors (Lipinski definition) is 5. The average molecular weight is 382 g/mol. The van der Waals surface area contributed by atoms with Gasteiger partial charge in [-0.05, 0) is 17.7 Å². The first-order valence-corrected chi connectivity index (χ1v) is 9.05. The second-order valence-corrected chi connectivity index (χ2v) is 6.72. The van der Waals surface area contributed by atoms with Crippen LogP contribution in [0.1, 0.15) is 5.56 Å². The van der Waals surface area contributed by atoms with Crippen molar-refractivity contribution in [3.63, 3.8) is 0 Å². The lowest BCUT2D eigenvalue weighted by molar-refractivity contribution is -0.118. The summed E-state index contributed by atoms with van der Waals surface area (Å²) in [5.41, 5.74) is 8.72. The van der Waals surface area contributed by atoms with Crippen molar-refractivity contribution < 1.29 is 14.7 Å². The van der Waals surface area contributed by atoms with E-state index in [-0.39, 0.29) is 6.42 Å². The molecule has 0 radical (unpaired) electrons. The normalized spacial score (nSPS) is 11.6. The number of thiazole rings is 1. The van der Waals surface area contributed by atoms with E-state index >= 15 is 0 Å². The van der Waals surface area contributed by atoms with E-state index in [2.05, 4.69) is 15.6 Å². The molecule has 1 atom stereocenters. The van der Waals surface area contributed by atoms with Gasteiger partial charge in [-0.1, -0.05) is 42.5 Å². The first-order chi connectivity index (χ1) is 13.0. The Hall–Kier alpha value is -3.39. The number of hydrogen-bond donors (Lipinski definition) is 4. The monoisotopic (exact) mass is 382 g/mol. The van der Waals surface area contributed by atoms with Gasteiger partial charge in [0.05, 0.1) is 5.69 Å². The number of anilines is 2. The zero-order chi connectivity index (χ0) is 19.2. The molecule has 0 saturated heterocycles. The summed E-state index contributed by atoms with van der Waals surface area (Å²) in [6, 6.07) is 15.5. The molecule has 0 aliphatic rings.